The van der Waals surface area contributed by atoms with Crippen LogP contribution in [0.5, 0.6) is 5.75 Å². The van der Waals surface area contributed by atoms with Gasteiger partial charge >= 0.3 is 0 Å². The second kappa shape index (κ2) is 7.67. The van der Waals surface area contributed by atoms with Crippen LogP contribution in [0.1, 0.15) is 28.4 Å². The first-order chi connectivity index (χ1) is 11.8. The van der Waals surface area contributed by atoms with E-state index in [1.165, 1.54) is 13.1 Å². The maximum Gasteiger partial charge on any atom is 0.255 e. The van der Waals surface area contributed by atoms with Crippen molar-refractivity contribution in [3.8, 4) is 5.75 Å². The lowest BCUT2D eigenvalue weighted by molar-refractivity contribution is 0.102. The molecule has 0 radical (unpaired) electrons. The third kappa shape index (κ3) is 4.18. The highest BCUT2D eigenvalue weighted by molar-refractivity contribution is 7.89. The topological polar surface area (TPSA) is 84.5 Å². The number of rotatable bonds is 6. The predicted molar refractivity (Wildman–Crippen MR) is 97.7 cm³/mol. The minimum atomic E-state index is -3.65. The lowest BCUT2D eigenvalue weighted by atomic mass is 10.1. The number of sulfonamides is 1. The number of hydrogen-bond donors (Lipinski definition) is 2. The van der Waals surface area contributed by atoms with E-state index in [1.54, 1.807) is 38.1 Å². The van der Waals surface area contributed by atoms with Gasteiger partial charge in [0.15, 0.2) is 0 Å². The van der Waals surface area contributed by atoms with Gasteiger partial charge in [0, 0.05) is 5.56 Å². The molecule has 0 bridgehead atoms. The lowest BCUT2D eigenvalue weighted by Gasteiger charge is -2.14. The van der Waals surface area contributed by atoms with E-state index in [0.29, 0.717) is 23.6 Å². The first kappa shape index (κ1) is 19.0. The third-order valence-corrected chi connectivity index (χ3v) is 5.42. The molecule has 0 saturated carbocycles. The number of amides is 1. The van der Waals surface area contributed by atoms with Crippen LogP contribution < -0.4 is 14.8 Å². The Bertz CT molecular complexity index is 892. The quantitative estimate of drug-likeness (QED) is 0.827. The van der Waals surface area contributed by atoms with Crippen LogP contribution in [0.3, 0.4) is 0 Å². The van der Waals surface area contributed by atoms with Crippen molar-refractivity contribution in [2.75, 3.05) is 19.0 Å². The summed E-state index contributed by atoms with van der Waals surface area (Å²) in [4.78, 5) is 12.7. The third-order valence-electron chi connectivity index (χ3n) is 3.88. The lowest BCUT2D eigenvalue weighted by Crippen LogP contribution is -2.21. The van der Waals surface area contributed by atoms with Crippen molar-refractivity contribution in [3.63, 3.8) is 0 Å². The van der Waals surface area contributed by atoms with Crippen molar-refractivity contribution in [2.45, 2.75) is 25.7 Å². The van der Waals surface area contributed by atoms with E-state index >= 15 is 0 Å². The molecule has 0 spiro atoms. The zero-order chi connectivity index (χ0) is 18.6. The number of aryl methyl sites for hydroxylation is 1. The summed E-state index contributed by atoms with van der Waals surface area (Å²) in [5.74, 6) is 0.160. The molecule has 1 amide bonds. The molecule has 0 saturated heterocycles. The van der Waals surface area contributed by atoms with Gasteiger partial charge in [0.05, 0.1) is 17.2 Å². The monoisotopic (exact) mass is 362 g/mol. The average molecular weight is 362 g/mol. The maximum atomic E-state index is 12.6. The molecule has 0 aromatic heterocycles. The Kier molecular flexibility index (Phi) is 5.81. The molecule has 0 aliphatic rings. The van der Waals surface area contributed by atoms with Crippen molar-refractivity contribution in [1.82, 2.24) is 4.72 Å². The number of anilines is 1. The van der Waals surface area contributed by atoms with Gasteiger partial charge in [-0.3, -0.25) is 4.79 Å². The molecule has 134 valence electrons. The van der Waals surface area contributed by atoms with E-state index in [4.69, 9.17) is 4.74 Å². The Morgan fingerprint density at radius 1 is 1.16 bits per heavy atom. The highest BCUT2D eigenvalue weighted by Crippen LogP contribution is 2.26. The summed E-state index contributed by atoms with van der Waals surface area (Å²) in [5.41, 5.74) is 2.13. The van der Waals surface area contributed by atoms with Crippen LogP contribution >= 0.6 is 0 Å². The Morgan fingerprint density at radius 3 is 2.48 bits per heavy atom. The molecule has 0 heterocycles. The van der Waals surface area contributed by atoms with Gasteiger partial charge in [0.25, 0.3) is 5.91 Å². The maximum absolute atomic E-state index is 12.6. The van der Waals surface area contributed by atoms with Gasteiger partial charge in [-0.2, -0.15) is 0 Å². The molecule has 0 unspecified atom stereocenters. The molecule has 7 heteroatoms. The number of hydrogen-bond acceptors (Lipinski definition) is 4. The van der Waals surface area contributed by atoms with Gasteiger partial charge in [0.1, 0.15) is 5.75 Å². The minimum Gasteiger partial charge on any atom is -0.492 e. The highest BCUT2D eigenvalue weighted by atomic mass is 32.2. The number of carbonyl (C=O) groups is 1. The van der Waals surface area contributed by atoms with Crippen molar-refractivity contribution in [1.29, 1.82) is 0 Å². The molecule has 0 aliphatic carbocycles. The molecule has 2 N–H and O–H groups in total. The van der Waals surface area contributed by atoms with Crippen molar-refractivity contribution < 1.29 is 17.9 Å². The van der Waals surface area contributed by atoms with E-state index in [1.807, 2.05) is 13.0 Å². The molecule has 0 atom stereocenters. The van der Waals surface area contributed by atoms with Gasteiger partial charge in [-0.25, -0.2) is 13.1 Å². The van der Waals surface area contributed by atoms with E-state index in [-0.39, 0.29) is 10.5 Å². The van der Waals surface area contributed by atoms with Crippen LogP contribution in [0.2, 0.25) is 0 Å². The van der Waals surface area contributed by atoms with Crippen molar-refractivity contribution in [3.05, 3.63) is 53.1 Å². The second-order valence-electron chi connectivity index (χ2n) is 5.51. The zero-order valence-corrected chi connectivity index (χ0v) is 15.5. The van der Waals surface area contributed by atoms with Crippen LogP contribution in [0.25, 0.3) is 0 Å². The predicted octanol–water partition coefficient (Wildman–Crippen LogP) is 2.86. The standard InChI is InChI=1S/C18H22N2O4S/c1-5-24-16-9-7-6-8-15(16)20-18(21)14-10-12(2)13(3)17(11-14)25(22,23)19-4/h6-11,19H,5H2,1-4H3,(H,20,21). The van der Waals surface area contributed by atoms with Gasteiger partial charge in [-0.05, 0) is 63.2 Å². The van der Waals surface area contributed by atoms with Gasteiger partial charge in [-0.15, -0.1) is 0 Å². The molecule has 2 rings (SSSR count). The smallest absolute Gasteiger partial charge is 0.255 e. The summed E-state index contributed by atoms with van der Waals surface area (Å²) in [6, 6.07) is 10.1. The molecule has 0 aliphatic heterocycles. The van der Waals surface area contributed by atoms with Gasteiger partial charge < -0.3 is 10.1 Å². The molecule has 6 nitrogen and oxygen atoms in total. The molecular weight excluding hydrogens is 340 g/mol. The van der Waals surface area contributed by atoms with Crippen molar-refractivity contribution in [2.24, 2.45) is 0 Å². The zero-order valence-electron chi connectivity index (χ0n) is 14.7. The van der Waals surface area contributed by atoms with Crippen LogP contribution in [0, 0.1) is 13.8 Å². The molecular formula is C18H22N2O4S. The number of para-hydroxylation sites is 2. The Morgan fingerprint density at radius 2 is 1.84 bits per heavy atom. The normalized spacial score (nSPS) is 11.2. The molecule has 25 heavy (non-hydrogen) atoms. The molecule has 2 aromatic carbocycles. The van der Waals surface area contributed by atoms with E-state index in [0.717, 1.165) is 5.56 Å². The van der Waals surface area contributed by atoms with Gasteiger partial charge in [-0.1, -0.05) is 12.1 Å². The summed E-state index contributed by atoms with van der Waals surface area (Å²) < 4.78 is 32.1. The summed E-state index contributed by atoms with van der Waals surface area (Å²) in [6.45, 7) is 5.82. The summed E-state index contributed by atoms with van der Waals surface area (Å²) in [7, 11) is -2.31. The van der Waals surface area contributed by atoms with E-state index in [9.17, 15) is 13.2 Å². The first-order valence-electron chi connectivity index (χ1n) is 7.88. The number of nitrogens with one attached hydrogen (secondary N) is 2. The second-order valence-corrected chi connectivity index (χ2v) is 7.36. The number of ether oxygens (including phenoxy) is 1. The summed E-state index contributed by atoms with van der Waals surface area (Å²) in [5, 5.41) is 2.78. The van der Waals surface area contributed by atoms with E-state index < -0.39 is 15.9 Å². The fourth-order valence-corrected chi connectivity index (χ4v) is 3.46. The van der Waals surface area contributed by atoms with Crippen molar-refractivity contribution >= 4 is 21.6 Å². The highest BCUT2D eigenvalue weighted by Gasteiger charge is 2.20. The summed E-state index contributed by atoms with van der Waals surface area (Å²) >= 11 is 0. The van der Waals surface area contributed by atoms with Gasteiger partial charge in [0.2, 0.25) is 10.0 Å². The molecule has 0 fully saturated rings. The van der Waals surface area contributed by atoms with Crippen LogP contribution in [0.4, 0.5) is 5.69 Å². The largest absolute Gasteiger partial charge is 0.492 e. The number of benzene rings is 2. The summed E-state index contributed by atoms with van der Waals surface area (Å²) in [6.07, 6.45) is 0. The van der Waals surface area contributed by atoms with E-state index in [2.05, 4.69) is 10.0 Å². The number of carbonyl (C=O) groups excluding carboxylic acids is 1. The average Bonchev–Trinajstić information content (AvgIpc) is 2.58. The fourth-order valence-electron chi connectivity index (χ4n) is 2.39. The SMILES string of the molecule is CCOc1ccccc1NC(=O)c1cc(C)c(C)c(S(=O)(=O)NC)c1. The molecule has 2 aromatic rings. The van der Waals surface area contributed by atoms with Crippen LogP contribution in [-0.2, 0) is 10.0 Å². The Labute approximate surface area is 148 Å². The minimum absolute atomic E-state index is 0.0956. The Hall–Kier alpha value is -2.38. The first-order valence-corrected chi connectivity index (χ1v) is 9.36. The van der Waals surface area contributed by atoms with Crippen LogP contribution in [0.15, 0.2) is 41.3 Å². The fraction of sp³-hybridized carbons (Fsp3) is 0.278. The Balaban J connectivity index is 2.41. The van der Waals surface area contributed by atoms with Crippen LogP contribution in [-0.4, -0.2) is 28.0 Å².